The molecule has 1 aliphatic rings. The summed E-state index contributed by atoms with van der Waals surface area (Å²) in [5.74, 6) is -1.30. The largest absolute Gasteiger partial charge is 0.459 e. The van der Waals surface area contributed by atoms with Gasteiger partial charge in [0.1, 0.15) is 10.7 Å². The summed E-state index contributed by atoms with van der Waals surface area (Å²) in [5.41, 5.74) is 0.0706. The van der Waals surface area contributed by atoms with E-state index in [0.717, 1.165) is 16.4 Å². The molecule has 1 N–H and O–H groups in total. The molecule has 0 unspecified atom stereocenters. The Hall–Kier alpha value is -2.72. The second-order valence-corrected chi connectivity index (χ2v) is 9.16. The summed E-state index contributed by atoms with van der Waals surface area (Å²) in [4.78, 5) is 26.2. The van der Waals surface area contributed by atoms with E-state index in [9.17, 15) is 22.4 Å². The van der Waals surface area contributed by atoms with Gasteiger partial charge in [-0.3, -0.25) is 9.59 Å². The predicted molar refractivity (Wildman–Crippen MR) is 112 cm³/mol. The molecule has 1 fully saturated rings. The fourth-order valence-electron chi connectivity index (χ4n) is 3.60. The number of rotatable bonds is 7. The van der Waals surface area contributed by atoms with Crippen molar-refractivity contribution in [2.75, 3.05) is 26.2 Å². The number of halogens is 1. The minimum atomic E-state index is -4.03. The number of carbonyl (C=O) groups excluding carboxylic acids is 2. The highest BCUT2D eigenvalue weighted by molar-refractivity contribution is 7.89. The first kappa shape index (κ1) is 23.0. The lowest BCUT2D eigenvalue weighted by molar-refractivity contribution is 0.0667. The van der Waals surface area contributed by atoms with Crippen LogP contribution in [0.1, 0.15) is 47.6 Å². The molecule has 1 saturated heterocycles. The third-order valence-corrected chi connectivity index (χ3v) is 7.43. The summed E-state index contributed by atoms with van der Waals surface area (Å²) < 4.78 is 45.9. The van der Waals surface area contributed by atoms with Gasteiger partial charge in [-0.25, -0.2) is 12.8 Å². The van der Waals surface area contributed by atoms with E-state index < -0.39 is 26.6 Å². The Balaban J connectivity index is 1.66. The molecule has 0 atom stereocenters. The number of furan rings is 1. The molecule has 1 aliphatic heterocycles. The van der Waals surface area contributed by atoms with E-state index in [0.29, 0.717) is 25.9 Å². The molecule has 2 amide bonds. The lowest BCUT2D eigenvalue weighted by atomic mass is 10.0. The molecular formula is C21H26FN3O5S. The first-order valence-electron chi connectivity index (χ1n) is 10.2. The van der Waals surface area contributed by atoms with Crippen LogP contribution >= 0.6 is 0 Å². The Morgan fingerprint density at radius 3 is 2.45 bits per heavy atom. The zero-order valence-electron chi connectivity index (χ0n) is 17.5. The van der Waals surface area contributed by atoms with Gasteiger partial charge in [0.25, 0.3) is 11.8 Å². The quantitative estimate of drug-likeness (QED) is 0.697. The number of likely N-dealkylation sites (tertiary alicyclic amines) is 1. The fourth-order valence-corrected chi connectivity index (χ4v) is 5.14. The molecule has 3 rings (SSSR count). The first-order valence-corrected chi connectivity index (χ1v) is 11.6. The summed E-state index contributed by atoms with van der Waals surface area (Å²) >= 11 is 0. The molecule has 168 valence electrons. The summed E-state index contributed by atoms with van der Waals surface area (Å²) in [6.07, 6.45) is 2.53. The van der Waals surface area contributed by atoms with Crippen LogP contribution in [0, 0.1) is 5.82 Å². The summed E-state index contributed by atoms with van der Waals surface area (Å²) in [6, 6.07) is 6.42. The molecule has 0 aliphatic carbocycles. The zero-order chi connectivity index (χ0) is 22.6. The molecule has 1 aromatic heterocycles. The zero-order valence-corrected chi connectivity index (χ0v) is 18.3. The van der Waals surface area contributed by atoms with Crippen molar-refractivity contribution in [2.24, 2.45) is 0 Å². The van der Waals surface area contributed by atoms with Crippen molar-refractivity contribution in [3.05, 3.63) is 53.7 Å². The summed E-state index contributed by atoms with van der Waals surface area (Å²) in [7, 11) is -4.03. The average Bonchev–Trinajstić information content (AvgIpc) is 3.29. The Labute approximate surface area is 181 Å². The summed E-state index contributed by atoms with van der Waals surface area (Å²) in [6.45, 7) is 4.63. The number of nitrogens with zero attached hydrogens (tertiary/aromatic N) is 2. The highest BCUT2D eigenvalue weighted by Crippen LogP contribution is 2.21. The summed E-state index contributed by atoms with van der Waals surface area (Å²) in [5, 5.41) is 2.85. The maximum absolute atomic E-state index is 14.3. The van der Waals surface area contributed by atoms with Crippen LogP contribution in [0.4, 0.5) is 4.39 Å². The maximum atomic E-state index is 14.3. The van der Waals surface area contributed by atoms with Crippen LogP contribution in [0.5, 0.6) is 0 Å². The lowest BCUT2D eigenvalue weighted by Gasteiger charge is -2.32. The number of benzene rings is 1. The van der Waals surface area contributed by atoms with Crippen LogP contribution in [0.25, 0.3) is 0 Å². The Kier molecular flexibility index (Phi) is 7.11. The van der Waals surface area contributed by atoms with Crippen LogP contribution in [0.2, 0.25) is 0 Å². The standard InChI is InChI=1S/C21H26FN3O5S/c1-3-25(4-2)31(28,29)19-14-15(7-8-17(19)22)20(26)23-16-9-11-24(12-10-16)21(27)18-6-5-13-30-18/h5-8,13-14,16H,3-4,9-12H2,1-2H3,(H,23,26). The van der Waals surface area contributed by atoms with Crippen molar-refractivity contribution in [3.63, 3.8) is 0 Å². The molecular weight excluding hydrogens is 425 g/mol. The van der Waals surface area contributed by atoms with E-state index >= 15 is 0 Å². The van der Waals surface area contributed by atoms with E-state index in [-0.39, 0.29) is 36.4 Å². The fraction of sp³-hybridized carbons (Fsp3) is 0.429. The SMILES string of the molecule is CCN(CC)S(=O)(=O)c1cc(C(=O)NC2CCN(C(=O)c3ccco3)CC2)ccc1F. The first-order chi connectivity index (χ1) is 14.8. The smallest absolute Gasteiger partial charge is 0.289 e. The number of hydrogen-bond acceptors (Lipinski definition) is 5. The number of nitrogens with one attached hydrogen (secondary N) is 1. The molecule has 2 heterocycles. The highest BCUT2D eigenvalue weighted by atomic mass is 32.2. The van der Waals surface area contributed by atoms with E-state index in [4.69, 9.17) is 4.42 Å². The van der Waals surface area contributed by atoms with Crippen LogP contribution in [-0.4, -0.2) is 61.7 Å². The normalized spacial score (nSPS) is 15.3. The third kappa shape index (κ3) is 4.96. The molecule has 0 radical (unpaired) electrons. The van der Waals surface area contributed by atoms with E-state index in [1.807, 2.05) is 0 Å². The van der Waals surface area contributed by atoms with Gasteiger partial charge in [0, 0.05) is 37.8 Å². The van der Waals surface area contributed by atoms with Crippen molar-refractivity contribution in [1.29, 1.82) is 0 Å². The van der Waals surface area contributed by atoms with Crippen molar-refractivity contribution < 1.29 is 26.8 Å². The number of piperidine rings is 1. The Morgan fingerprint density at radius 1 is 1.19 bits per heavy atom. The van der Waals surface area contributed by atoms with E-state index in [1.165, 1.54) is 12.3 Å². The van der Waals surface area contributed by atoms with Crippen molar-refractivity contribution in [3.8, 4) is 0 Å². The molecule has 0 saturated carbocycles. The minimum absolute atomic E-state index is 0.0706. The van der Waals surface area contributed by atoms with Crippen LogP contribution in [0.3, 0.4) is 0 Å². The van der Waals surface area contributed by atoms with Gasteiger partial charge in [0.2, 0.25) is 10.0 Å². The van der Waals surface area contributed by atoms with Gasteiger partial charge in [-0.05, 0) is 43.2 Å². The van der Waals surface area contributed by atoms with Crippen LogP contribution in [0.15, 0.2) is 45.9 Å². The third-order valence-electron chi connectivity index (χ3n) is 5.37. The van der Waals surface area contributed by atoms with Gasteiger partial charge in [-0.1, -0.05) is 13.8 Å². The molecule has 8 nitrogen and oxygen atoms in total. The number of amides is 2. The van der Waals surface area contributed by atoms with E-state index in [2.05, 4.69) is 5.32 Å². The molecule has 0 spiro atoms. The van der Waals surface area contributed by atoms with Crippen molar-refractivity contribution >= 4 is 21.8 Å². The second-order valence-electron chi connectivity index (χ2n) is 7.25. The van der Waals surface area contributed by atoms with Gasteiger partial charge < -0.3 is 14.6 Å². The lowest BCUT2D eigenvalue weighted by Crippen LogP contribution is -2.46. The highest BCUT2D eigenvalue weighted by Gasteiger charge is 2.28. The molecule has 10 heteroatoms. The molecule has 0 bridgehead atoms. The van der Waals surface area contributed by atoms with Gasteiger partial charge in [0.15, 0.2) is 5.76 Å². The predicted octanol–water partition coefficient (Wildman–Crippen LogP) is 2.48. The number of sulfonamides is 1. The van der Waals surface area contributed by atoms with Gasteiger partial charge in [0.05, 0.1) is 6.26 Å². The number of carbonyl (C=O) groups is 2. The molecule has 2 aromatic rings. The van der Waals surface area contributed by atoms with Gasteiger partial charge in [-0.15, -0.1) is 0 Å². The molecule has 1 aromatic carbocycles. The molecule has 31 heavy (non-hydrogen) atoms. The van der Waals surface area contributed by atoms with Crippen LogP contribution < -0.4 is 5.32 Å². The second kappa shape index (κ2) is 9.61. The van der Waals surface area contributed by atoms with Gasteiger partial charge in [-0.2, -0.15) is 4.31 Å². The van der Waals surface area contributed by atoms with Crippen LogP contribution in [-0.2, 0) is 10.0 Å². The van der Waals surface area contributed by atoms with Crippen molar-refractivity contribution in [1.82, 2.24) is 14.5 Å². The minimum Gasteiger partial charge on any atom is -0.459 e. The Bertz CT molecular complexity index is 1030. The van der Waals surface area contributed by atoms with Gasteiger partial charge >= 0.3 is 0 Å². The monoisotopic (exact) mass is 451 g/mol. The van der Waals surface area contributed by atoms with Crippen molar-refractivity contribution in [2.45, 2.75) is 37.6 Å². The average molecular weight is 452 g/mol. The Morgan fingerprint density at radius 2 is 1.87 bits per heavy atom. The topological polar surface area (TPSA) is 99.9 Å². The maximum Gasteiger partial charge on any atom is 0.289 e. The number of hydrogen-bond donors (Lipinski definition) is 1. The van der Waals surface area contributed by atoms with E-state index in [1.54, 1.807) is 30.9 Å².